The Morgan fingerprint density at radius 1 is 1.16 bits per heavy atom. The third-order valence-electron chi connectivity index (χ3n) is 3.54. The number of nitrogens with zero attached hydrogens (tertiary/aromatic N) is 1. The first-order chi connectivity index (χ1) is 11.9. The molecular formula is C18H19ClN2O4. The normalized spacial score (nSPS) is 11.1. The van der Waals surface area contributed by atoms with E-state index in [1.807, 2.05) is 0 Å². The summed E-state index contributed by atoms with van der Waals surface area (Å²) < 4.78 is 10.5. The summed E-state index contributed by atoms with van der Waals surface area (Å²) in [6.45, 7) is 1.79. The van der Waals surface area contributed by atoms with Crippen molar-refractivity contribution in [3.8, 4) is 11.5 Å². The van der Waals surface area contributed by atoms with Crippen LogP contribution in [0.5, 0.6) is 11.5 Å². The summed E-state index contributed by atoms with van der Waals surface area (Å²) in [5.74, 6) is 0.0422. The molecule has 2 rings (SSSR count). The van der Waals surface area contributed by atoms with E-state index in [1.54, 1.807) is 43.3 Å². The first kappa shape index (κ1) is 18.6. The molecule has 2 aromatic carbocycles. The van der Waals surface area contributed by atoms with Crippen molar-refractivity contribution < 1.29 is 19.4 Å². The van der Waals surface area contributed by atoms with Crippen LogP contribution in [0, 0.1) is 0 Å². The largest absolute Gasteiger partial charge is 0.493 e. The second-order valence-corrected chi connectivity index (χ2v) is 5.69. The lowest BCUT2D eigenvalue weighted by atomic mass is 10.00. The fraction of sp³-hybridized carbons (Fsp3) is 0.222. The minimum Gasteiger partial charge on any atom is -0.493 e. The van der Waals surface area contributed by atoms with Crippen LogP contribution >= 0.6 is 11.6 Å². The number of nitrogens with one attached hydrogen (secondary N) is 1. The summed E-state index contributed by atoms with van der Waals surface area (Å²) in [4.78, 5) is 11.2. The lowest BCUT2D eigenvalue weighted by Crippen LogP contribution is -2.09. The summed E-state index contributed by atoms with van der Waals surface area (Å²) in [6, 6.07) is 10.5. The highest BCUT2D eigenvalue weighted by molar-refractivity contribution is 6.30. The average Bonchev–Trinajstić information content (AvgIpc) is 2.60. The minimum absolute atomic E-state index is 0.149. The zero-order valence-electron chi connectivity index (χ0n) is 14.2. The molecule has 0 saturated carbocycles. The lowest BCUT2D eigenvalue weighted by molar-refractivity contribution is -0.136. The minimum atomic E-state index is -0.938. The van der Waals surface area contributed by atoms with Crippen molar-refractivity contribution in [1.29, 1.82) is 0 Å². The van der Waals surface area contributed by atoms with Gasteiger partial charge in [0.1, 0.15) is 0 Å². The van der Waals surface area contributed by atoms with Gasteiger partial charge in [0.05, 0.1) is 32.0 Å². The van der Waals surface area contributed by atoms with Gasteiger partial charge in [-0.2, -0.15) is 5.10 Å². The molecule has 6 nitrogen and oxygen atoms in total. The monoisotopic (exact) mass is 362 g/mol. The van der Waals surface area contributed by atoms with Gasteiger partial charge in [0.15, 0.2) is 11.5 Å². The van der Waals surface area contributed by atoms with E-state index < -0.39 is 5.97 Å². The van der Waals surface area contributed by atoms with Crippen molar-refractivity contribution in [2.45, 2.75) is 13.3 Å². The van der Waals surface area contributed by atoms with Gasteiger partial charge in [-0.15, -0.1) is 0 Å². The maximum absolute atomic E-state index is 11.2. The molecule has 0 radical (unpaired) electrons. The number of hydrazone groups is 1. The molecule has 0 aliphatic rings. The van der Waals surface area contributed by atoms with E-state index in [-0.39, 0.29) is 6.42 Å². The van der Waals surface area contributed by atoms with Crippen LogP contribution in [0.2, 0.25) is 5.02 Å². The number of carboxylic acids is 1. The van der Waals surface area contributed by atoms with E-state index in [9.17, 15) is 4.79 Å². The van der Waals surface area contributed by atoms with Gasteiger partial charge in [-0.1, -0.05) is 11.6 Å². The van der Waals surface area contributed by atoms with Crippen LogP contribution in [0.15, 0.2) is 41.5 Å². The fourth-order valence-corrected chi connectivity index (χ4v) is 2.43. The van der Waals surface area contributed by atoms with Crippen molar-refractivity contribution in [3.63, 3.8) is 0 Å². The molecule has 0 aromatic heterocycles. The number of carbonyl (C=O) groups is 1. The van der Waals surface area contributed by atoms with Crippen LogP contribution in [0.4, 0.5) is 5.69 Å². The van der Waals surface area contributed by atoms with Gasteiger partial charge in [-0.3, -0.25) is 10.2 Å². The molecule has 0 amide bonds. The van der Waals surface area contributed by atoms with Crippen LogP contribution < -0.4 is 14.9 Å². The number of anilines is 1. The Labute approximate surface area is 151 Å². The third kappa shape index (κ3) is 4.87. The van der Waals surface area contributed by atoms with Crippen molar-refractivity contribution >= 4 is 29.0 Å². The molecule has 0 fully saturated rings. The van der Waals surface area contributed by atoms with Gasteiger partial charge >= 0.3 is 5.97 Å². The van der Waals surface area contributed by atoms with E-state index in [4.69, 9.17) is 26.2 Å². The van der Waals surface area contributed by atoms with Crippen molar-refractivity contribution in [1.82, 2.24) is 0 Å². The van der Waals surface area contributed by atoms with Crippen LogP contribution in [0.25, 0.3) is 0 Å². The number of ether oxygens (including phenoxy) is 2. The predicted molar refractivity (Wildman–Crippen MR) is 98.2 cm³/mol. The van der Waals surface area contributed by atoms with E-state index >= 15 is 0 Å². The van der Waals surface area contributed by atoms with Crippen LogP contribution in [0.1, 0.15) is 18.1 Å². The van der Waals surface area contributed by atoms with Crippen LogP contribution in [-0.4, -0.2) is 31.0 Å². The maximum atomic E-state index is 11.2. The molecule has 0 heterocycles. The summed E-state index contributed by atoms with van der Waals surface area (Å²) in [5.41, 5.74) is 5.57. The topological polar surface area (TPSA) is 80.2 Å². The second kappa shape index (κ2) is 8.39. The van der Waals surface area contributed by atoms with E-state index in [0.717, 1.165) is 5.69 Å². The number of halogens is 1. The van der Waals surface area contributed by atoms with Gasteiger partial charge in [-0.05, 0) is 48.9 Å². The average molecular weight is 363 g/mol. The van der Waals surface area contributed by atoms with Gasteiger partial charge in [0.2, 0.25) is 0 Å². The lowest BCUT2D eigenvalue weighted by Gasteiger charge is -2.14. The quantitative estimate of drug-likeness (QED) is 0.578. The summed E-state index contributed by atoms with van der Waals surface area (Å²) >= 11 is 5.86. The summed E-state index contributed by atoms with van der Waals surface area (Å²) in [5, 5.41) is 14.1. The molecule has 0 bridgehead atoms. The van der Waals surface area contributed by atoms with Gasteiger partial charge in [0.25, 0.3) is 0 Å². The maximum Gasteiger partial charge on any atom is 0.307 e. The molecule has 0 aliphatic carbocycles. The second-order valence-electron chi connectivity index (χ2n) is 5.25. The Bertz CT molecular complexity index is 788. The number of hydrogen-bond acceptors (Lipinski definition) is 5. The molecule has 132 valence electrons. The molecule has 0 saturated heterocycles. The third-order valence-corrected chi connectivity index (χ3v) is 3.79. The van der Waals surface area contributed by atoms with Crippen molar-refractivity contribution in [2.75, 3.05) is 19.6 Å². The molecule has 7 heteroatoms. The van der Waals surface area contributed by atoms with Crippen LogP contribution in [-0.2, 0) is 11.2 Å². The van der Waals surface area contributed by atoms with Gasteiger partial charge in [-0.25, -0.2) is 0 Å². The number of hydrogen-bond donors (Lipinski definition) is 2. The Morgan fingerprint density at radius 2 is 1.76 bits per heavy atom. The molecule has 25 heavy (non-hydrogen) atoms. The van der Waals surface area contributed by atoms with E-state index in [2.05, 4.69) is 10.5 Å². The first-order valence-electron chi connectivity index (χ1n) is 7.47. The Balaban J connectivity index is 2.38. The number of aliphatic carboxylic acids is 1. The molecular weight excluding hydrogens is 344 g/mol. The fourth-order valence-electron chi connectivity index (χ4n) is 2.30. The van der Waals surface area contributed by atoms with E-state index in [0.29, 0.717) is 33.4 Å². The number of rotatable bonds is 7. The molecule has 2 N–H and O–H groups in total. The molecule has 0 unspecified atom stereocenters. The number of carboxylic acid groups (broad SMARTS) is 1. The Hall–Kier alpha value is -2.73. The number of benzene rings is 2. The highest BCUT2D eigenvalue weighted by Gasteiger charge is 2.15. The predicted octanol–water partition coefficient (Wildman–Crippen LogP) is 3.82. The first-order valence-corrected chi connectivity index (χ1v) is 7.85. The van der Waals surface area contributed by atoms with Crippen LogP contribution in [0.3, 0.4) is 0 Å². The summed E-state index contributed by atoms with van der Waals surface area (Å²) in [6.07, 6.45) is -0.149. The van der Waals surface area contributed by atoms with Crippen molar-refractivity contribution in [3.05, 3.63) is 52.5 Å². The zero-order valence-corrected chi connectivity index (χ0v) is 14.9. The standard InChI is InChI=1S/C18H19ClN2O4/c1-11(20-21-14-6-4-13(19)5-7-14)15-10-17(25-3)16(24-2)8-12(15)9-18(22)23/h4-8,10,21H,9H2,1-3H3,(H,22,23)/b20-11+. The molecule has 0 spiro atoms. The molecule has 2 aromatic rings. The molecule has 0 atom stereocenters. The van der Waals surface area contributed by atoms with Gasteiger partial charge < -0.3 is 14.6 Å². The highest BCUT2D eigenvalue weighted by atomic mass is 35.5. The Morgan fingerprint density at radius 3 is 2.32 bits per heavy atom. The van der Waals surface area contributed by atoms with E-state index in [1.165, 1.54) is 14.2 Å². The van der Waals surface area contributed by atoms with Gasteiger partial charge in [0, 0.05) is 10.6 Å². The SMILES string of the molecule is COc1cc(CC(=O)O)c(/C(C)=N/Nc2ccc(Cl)cc2)cc1OC. The zero-order chi connectivity index (χ0) is 18.4. The van der Waals surface area contributed by atoms with Crippen molar-refractivity contribution in [2.24, 2.45) is 5.10 Å². The number of methoxy groups -OCH3 is 2. The highest BCUT2D eigenvalue weighted by Crippen LogP contribution is 2.31. The smallest absolute Gasteiger partial charge is 0.307 e. The molecule has 0 aliphatic heterocycles. The summed E-state index contributed by atoms with van der Waals surface area (Å²) in [7, 11) is 3.03. The Kier molecular flexibility index (Phi) is 6.25.